The number of hydrogen-bond donors (Lipinski definition) is 1. The van der Waals surface area contributed by atoms with Crippen LogP contribution < -0.4 is 5.73 Å². The van der Waals surface area contributed by atoms with Gasteiger partial charge in [0.05, 0.1) is 6.04 Å². The fourth-order valence-electron chi connectivity index (χ4n) is 1.47. The van der Waals surface area contributed by atoms with E-state index < -0.39 is 6.04 Å². The molecule has 1 aromatic carbocycles. The molecule has 0 radical (unpaired) electrons. The normalized spacial score (nSPS) is 11.8. The highest BCUT2D eigenvalue weighted by molar-refractivity contribution is 5.85. The predicted molar refractivity (Wildman–Crippen MR) is 73.0 cm³/mol. The van der Waals surface area contributed by atoms with Crippen LogP contribution in [0.4, 0.5) is 0 Å². The molecule has 1 rings (SSSR count). The van der Waals surface area contributed by atoms with Gasteiger partial charge in [-0.2, -0.15) is 0 Å². The van der Waals surface area contributed by atoms with Crippen LogP contribution in [-0.4, -0.2) is 23.9 Å². The molecular weight excluding hydrogens is 236 g/mol. The van der Waals surface area contributed by atoms with Gasteiger partial charge in [-0.3, -0.25) is 4.79 Å². The van der Waals surface area contributed by atoms with Crippen LogP contribution in [0.5, 0.6) is 0 Å². The maximum absolute atomic E-state index is 11.9. The summed E-state index contributed by atoms with van der Waals surface area (Å²) in [6, 6.07) is 9.50. The molecule has 0 heterocycles. The van der Waals surface area contributed by atoms with Gasteiger partial charge in [0.25, 0.3) is 0 Å². The number of nitrogens with two attached hydrogens (primary N) is 1. The molecule has 1 atom stereocenters. The highest BCUT2D eigenvalue weighted by atomic mass is 35.5. The summed E-state index contributed by atoms with van der Waals surface area (Å²) in [5, 5.41) is 0. The van der Waals surface area contributed by atoms with E-state index in [0.717, 1.165) is 5.56 Å². The highest BCUT2D eigenvalue weighted by Gasteiger charge is 2.20. The molecule has 17 heavy (non-hydrogen) atoms. The van der Waals surface area contributed by atoms with Gasteiger partial charge in [0.1, 0.15) is 0 Å². The molecule has 0 aliphatic heterocycles. The second-order valence-electron chi connectivity index (χ2n) is 4.45. The van der Waals surface area contributed by atoms with Gasteiger partial charge < -0.3 is 10.6 Å². The summed E-state index contributed by atoms with van der Waals surface area (Å²) in [5.41, 5.74) is 6.94. The quantitative estimate of drug-likeness (QED) is 0.896. The molecule has 1 amide bonds. The zero-order chi connectivity index (χ0) is 12.1. The molecule has 0 saturated carbocycles. The first-order chi connectivity index (χ1) is 7.52. The minimum Gasteiger partial charge on any atom is -0.340 e. The molecule has 4 heteroatoms. The Bertz CT molecular complexity index is 341. The fourth-order valence-corrected chi connectivity index (χ4v) is 1.47. The molecule has 0 spiro atoms. The summed E-state index contributed by atoms with van der Waals surface area (Å²) in [7, 11) is 1.79. The lowest BCUT2D eigenvalue weighted by atomic mass is 10.0. The number of halogens is 1. The number of benzene rings is 1. The molecule has 2 N–H and O–H groups in total. The molecule has 0 unspecified atom stereocenters. The molecule has 96 valence electrons. The molecule has 0 saturated heterocycles. The Balaban J connectivity index is 0.00000256. The van der Waals surface area contributed by atoms with Crippen LogP contribution in [0.25, 0.3) is 0 Å². The van der Waals surface area contributed by atoms with Gasteiger partial charge in [0.15, 0.2) is 0 Å². The van der Waals surface area contributed by atoms with Crippen LogP contribution in [0.3, 0.4) is 0 Å². The van der Waals surface area contributed by atoms with Crippen molar-refractivity contribution in [1.29, 1.82) is 0 Å². The Kier molecular flexibility index (Phi) is 6.85. The summed E-state index contributed by atoms with van der Waals surface area (Å²) in [5.74, 6) is 0.171. The van der Waals surface area contributed by atoms with E-state index >= 15 is 0 Å². The van der Waals surface area contributed by atoms with Crippen LogP contribution >= 0.6 is 12.4 Å². The fraction of sp³-hybridized carbons (Fsp3) is 0.462. The van der Waals surface area contributed by atoms with Gasteiger partial charge in [-0.15, -0.1) is 12.4 Å². The van der Waals surface area contributed by atoms with Gasteiger partial charge in [-0.1, -0.05) is 44.2 Å². The average Bonchev–Trinajstić information content (AvgIpc) is 2.28. The maximum Gasteiger partial charge on any atom is 0.239 e. The Morgan fingerprint density at radius 3 is 2.29 bits per heavy atom. The van der Waals surface area contributed by atoms with Crippen LogP contribution in [0.1, 0.15) is 19.4 Å². The van der Waals surface area contributed by atoms with Crippen molar-refractivity contribution in [3.8, 4) is 0 Å². The molecule has 0 aliphatic carbocycles. The SMILES string of the molecule is CC(C)[C@@H](N)C(=O)N(C)Cc1ccccc1.Cl. The lowest BCUT2D eigenvalue weighted by Crippen LogP contribution is -2.44. The van der Waals surface area contributed by atoms with Crippen molar-refractivity contribution < 1.29 is 4.79 Å². The first-order valence-corrected chi connectivity index (χ1v) is 5.57. The van der Waals surface area contributed by atoms with Gasteiger partial charge in [-0.05, 0) is 11.5 Å². The van der Waals surface area contributed by atoms with Crippen molar-refractivity contribution in [3.63, 3.8) is 0 Å². The number of carbonyl (C=O) groups excluding carboxylic acids is 1. The predicted octanol–water partition coefficient (Wildman–Crippen LogP) is 2.05. The third kappa shape index (κ3) is 4.75. The van der Waals surface area contributed by atoms with Gasteiger partial charge in [-0.25, -0.2) is 0 Å². The summed E-state index contributed by atoms with van der Waals surface area (Å²) in [6.45, 7) is 4.53. The zero-order valence-electron chi connectivity index (χ0n) is 10.6. The molecule has 0 aliphatic rings. The summed E-state index contributed by atoms with van der Waals surface area (Å²) >= 11 is 0. The van der Waals surface area contributed by atoms with Crippen molar-refractivity contribution >= 4 is 18.3 Å². The molecule has 1 aromatic rings. The lowest BCUT2D eigenvalue weighted by Gasteiger charge is -2.23. The smallest absolute Gasteiger partial charge is 0.239 e. The van der Waals surface area contributed by atoms with Crippen LogP contribution in [0, 0.1) is 5.92 Å². The second-order valence-corrected chi connectivity index (χ2v) is 4.45. The van der Waals surface area contributed by atoms with E-state index in [1.54, 1.807) is 11.9 Å². The first kappa shape index (κ1) is 15.9. The van der Waals surface area contributed by atoms with E-state index in [-0.39, 0.29) is 24.2 Å². The number of nitrogens with zero attached hydrogens (tertiary/aromatic N) is 1. The third-order valence-electron chi connectivity index (χ3n) is 2.64. The topological polar surface area (TPSA) is 46.3 Å². The highest BCUT2D eigenvalue weighted by Crippen LogP contribution is 2.07. The molecule has 3 nitrogen and oxygen atoms in total. The van der Waals surface area contributed by atoms with Crippen LogP contribution in [-0.2, 0) is 11.3 Å². The monoisotopic (exact) mass is 256 g/mol. The molecule has 0 bridgehead atoms. The van der Waals surface area contributed by atoms with Crippen molar-refractivity contribution in [1.82, 2.24) is 4.90 Å². The van der Waals surface area contributed by atoms with Gasteiger partial charge in [0, 0.05) is 13.6 Å². The Labute approximate surface area is 109 Å². The summed E-state index contributed by atoms with van der Waals surface area (Å²) in [6.07, 6.45) is 0. The van der Waals surface area contributed by atoms with Crippen LogP contribution in [0.2, 0.25) is 0 Å². The minimum atomic E-state index is -0.409. The largest absolute Gasteiger partial charge is 0.340 e. The first-order valence-electron chi connectivity index (χ1n) is 5.57. The van der Waals surface area contributed by atoms with Gasteiger partial charge in [0.2, 0.25) is 5.91 Å². The van der Waals surface area contributed by atoms with E-state index in [4.69, 9.17) is 5.73 Å². The minimum absolute atomic E-state index is 0. The number of hydrogen-bond acceptors (Lipinski definition) is 2. The second kappa shape index (κ2) is 7.30. The molecule has 0 fully saturated rings. The maximum atomic E-state index is 11.9. The standard InChI is InChI=1S/C13H20N2O.ClH/c1-10(2)12(14)13(16)15(3)9-11-7-5-4-6-8-11;/h4-8,10,12H,9,14H2,1-3H3;1H/t12-;/m1./s1. The Morgan fingerprint density at radius 2 is 1.82 bits per heavy atom. The van der Waals surface area contributed by atoms with E-state index in [9.17, 15) is 4.79 Å². The number of rotatable bonds is 4. The Morgan fingerprint density at radius 1 is 1.29 bits per heavy atom. The number of likely N-dealkylation sites (N-methyl/N-ethyl adjacent to an activating group) is 1. The van der Waals surface area contributed by atoms with E-state index in [0.29, 0.717) is 6.54 Å². The van der Waals surface area contributed by atoms with Gasteiger partial charge >= 0.3 is 0 Å². The number of amides is 1. The zero-order valence-corrected chi connectivity index (χ0v) is 11.4. The third-order valence-corrected chi connectivity index (χ3v) is 2.64. The number of carbonyl (C=O) groups is 1. The summed E-state index contributed by atoms with van der Waals surface area (Å²) < 4.78 is 0. The van der Waals surface area contributed by atoms with E-state index in [2.05, 4.69) is 0 Å². The Hall–Kier alpha value is -1.06. The van der Waals surface area contributed by atoms with Crippen molar-refractivity contribution in [2.45, 2.75) is 26.4 Å². The lowest BCUT2D eigenvalue weighted by molar-refractivity contribution is -0.132. The van der Waals surface area contributed by atoms with E-state index in [1.165, 1.54) is 0 Å². The van der Waals surface area contributed by atoms with Crippen molar-refractivity contribution in [3.05, 3.63) is 35.9 Å². The summed E-state index contributed by atoms with van der Waals surface area (Å²) in [4.78, 5) is 13.6. The van der Waals surface area contributed by atoms with Crippen molar-refractivity contribution in [2.24, 2.45) is 11.7 Å². The van der Waals surface area contributed by atoms with E-state index in [1.807, 2.05) is 44.2 Å². The molecular formula is C13H21ClN2O. The average molecular weight is 257 g/mol. The van der Waals surface area contributed by atoms with Crippen LogP contribution in [0.15, 0.2) is 30.3 Å². The van der Waals surface area contributed by atoms with Crippen molar-refractivity contribution in [2.75, 3.05) is 7.05 Å². The molecule has 0 aromatic heterocycles.